The summed E-state index contributed by atoms with van der Waals surface area (Å²) in [6.45, 7) is 3.96. The number of benzene rings is 1. The molecule has 0 N–H and O–H groups in total. The van der Waals surface area contributed by atoms with E-state index in [1.807, 2.05) is 0 Å². The third-order valence-electron chi connectivity index (χ3n) is 5.00. The van der Waals surface area contributed by atoms with Gasteiger partial charge in [0.1, 0.15) is 0 Å². The van der Waals surface area contributed by atoms with Crippen LogP contribution in [0.5, 0.6) is 0 Å². The largest absolute Gasteiger partial charge is 0.347 e. The number of para-hydroxylation sites is 1. The Morgan fingerprint density at radius 2 is 1.95 bits per heavy atom. The summed E-state index contributed by atoms with van der Waals surface area (Å²) in [5.41, 5.74) is 2.72. The fraction of sp³-hybridized carbons (Fsp3) is 0.526. The number of carbonyl (C=O) groups is 1. The highest BCUT2D eigenvalue weighted by Gasteiger charge is 2.25. The molecule has 3 rings (SSSR count). The Morgan fingerprint density at radius 1 is 1.23 bits per heavy atom. The molecule has 1 aromatic heterocycles. The van der Waals surface area contributed by atoms with Crippen molar-refractivity contribution in [1.82, 2.24) is 9.47 Å². The Morgan fingerprint density at radius 3 is 2.64 bits per heavy atom. The highest BCUT2D eigenvalue weighted by molar-refractivity contribution is 5.81. The van der Waals surface area contributed by atoms with Gasteiger partial charge in [0, 0.05) is 43.7 Å². The van der Waals surface area contributed by atoms with Gasteiger partial charge in [-0.2, -0.15) is 0 Å². The quantitative estimate of drug-likeness (QED) is 0.835. The molecule has 3 nitrogen and oxygen atoms in total. The predicted molar refractivity (Wildman–Crippen MR) is 91.0 cm³/mol. The van der Waals surface area contributed by atoms with E-state index in [1.54, 1.807) is 0 Å². The van der Waals surface area contributed by atoms with E-state index in [-0.39, 0.29) is 0 Å². The molecule has 3 heteroatoms. The Balaban J connectivity index is 1.68. The molecule has 0 aliphatic carbocycles. The first-order valence-electron chi connectivity index (χ1n) is 8.53. The number of nitrogens with zero attached hydrogens (tertiary/aromatic N) is 2. The van der Waals surface area contributed by atoms with E-state index >= 15 is 0 Å². The van der Waals surface area contributed by atoms with Gasteiger partial charge in [-0.05, 0) is 36.8 Å². The minimum absolute atomic E-state index is 0.345. The van der Waals surface area contributed by atoms with Gasteiger partial charge in [0.25, 0.3) is 0 Å². The molecule has 0 saturated carbocycles. The maximum absolute atomic E-state index is 12.1. The third-order valence-corrected chi connectivity index (χ3v) is 5.00. The molecule has 118 valence electrons. The normalized spacial score (nSPS) is 16.4. The molecule has 1 saturated heterocycles. The number of piperidine rings is 1. The number of aryl methyl sites for hydroxylation is 1. The summed E-state index contributed by atoms with van der Waals surface area (Å²) in [5, 5.41) is 1.32. The maximum Gasteiger partial charge on any atom is 0.222 e. The molecular weight excluding hydrogens is 272 g/mol. The Hall–Kier alpha value is -1.77. The maximum atomic E-state index is 12.1. The number of rotatable bonds is 4. The van der Waals surface area contributed by atoms with E-state index in [0.717, 1.165) is 45.2 Å². The summed E-state index contributed by atoms with van der Waals surface area (Å²) >= 11 is 0. The van der Waals surface area contributed by atoms with Gasteiger partial charge < -0.3 is 9.47 Å². The summed E-state index contributed by atoms with van der Waals surface area (Å²) in [7, 11) is 2.16. The van der Waals surface area contributed by atoms with Gasteiger partial charge >= 0.3 is 0 Å². The fourth-order valence-electron chi connectivity index (χ4n) is 3.61. The highest BCUT2D eigenvalue weighted by Crippen LogP contribution is 2.32. The molecule has 2 aromatic rings. The zero-order chi connectivity index (χ0) is 15.5. The molecule has 0 bridgehead atoms. The molecule has 0 spiro atoms. The lowest BCUT2D eigenvalue weighted by Crippen LogP contribution is -2.38. The molecule has 1 aromatic carbocycles. The number of likely N-dealkylation sites (tertiary alicyclic amines) is 1. The van der Waals surface area contributed by atoms with Crippen LogP contribution in [0.4, 0.5) is 0 Å². The predicted octanol–water partition coefficient (Wildman–Crippen LogP) is 4.07. The van der Waals surface area contributed by atoms with Crippen LogP contribution >= 0.6 is 0 Å². The van der Waals surface area contributed by atoms with E-state index < -0.39 is 0 Å². The molecule has 0 atom stereocenters. The van der Waals surface area contributed by atoms with Gasteiger partial charge in [0.05, 0.1) is 0 Å². The van der Waals surface area contributed by atoms with Crippen molar-refractivity contribution >= 4 is 16.8 Å². The van der Waals surface area contributed by atoms with Crippen molar-refractivity contribution < 1.29 is 4.79 Å². The summed E-state index contributed by atoms with van der Waals surface area (Å²) in [6, 6.07) is 10.9. The van der Waals surface area contributed by atoms with Crippen LogP contribution in [-0.4, -0.2) is 28.5 Å². The van der Waals surface area contributed by atoms with Crippen molar-refractivity contribution in [1.29, 1.82) is 0 Å². The Labute approximate surface area is 132 Å². The monoisotopic (exact) mass is 298 g/mol. The summed E-state index contributed by atoms with van der Waals surface area (Å²) < 4.78 is 2.33. The summed E-state index contributed by atoms with van der Waals surface area (Å²) in [5.74, 6) is 0.921. The van der Waals surface area contributed by atoms with Gasteiger partial charge in [-0.15, -0.1) is 0 Å². The van der Waals surface area contributed by atoms with E-state index in [0.29, 0.717) is 11.8 Å². The molecule has 2 heterocycles. The Kier molecular flexibility index (Phi) is 4.51. The average molecular weight is 298 g/mol. The zero-order valence-electron chi connectivity index (χ0n) is 13.7. The number of amides is 1. The second-order valence-electron chi connectivity index (χ2n) is 6.45. The second kappa shape index (κ2) is 6.55. The fourth-order valence-corrected chi connectivity index (χ4v) is 3.61. The molecule has 1 aliphatic rings. The van der Waals surface area contributed by atoms with Crippen molar-refractivity contribution in [3.63, 3.8) is 0 Å². The SMILES string of the molecule is CCCCC(=O)N1CCC(c2cc3ccccc3n2C)CC1. The van der Waals surface area contributed by atoms with Crippen molar-refractivity contribution in [2.45, 2.75) is 44.9 Å². The molecule has 1 amide bonds. The number of hydrogen-bond donors (Lipinski definition) is 0. The number of aromatic nitrogens is 1. The lowest BCUT2D eigenvalue weighted by atomic mass is 9.93. The third kappa shape index (κ3) is 2.90. The zero-order valence-corrected chi connectivity index (χ0v) is 13.7. The van der Waals surface area contributed by atoms with Crippen LogP contribution in [0.1, 0.15) is 50.6 Å². The van der Waals surface area contributed by atoms with Crippen molar-refractivity contribution in [2.24, 2.45) is 7.05 Å². The van der Waals surface area contributed by atoms with Gasteiger partial charge in [-0.3, -0.25) is 4.79 Å². The van der Waals surface area contributed by atoms with Crippen LogP contribution in [-0.2, 0) is 11.8 Å². The van der Waals surface area contributed by atoms with Crippen LogP contribution in [0.2, 0.25) is 0 Å². The van der Waals surface area contributed by atoms with Crippen LogP contribution in [0.3, 0.4) is 0 Å². The van der Waals surface area contributed by atoms with Gasteiger partial charge in [-0.25, -0.2) is 0 Å². The first kappa shape index (κ1) is 15.1. The summed E-state index contributed by atoms with van der Waals surface area (Å²) in [4.78, 5) is 14.2. The highest BCUT2D eigenvalue weighted by atomic mass is 16.2. The van der Waals surface area contributed by atoms with Gasteiger partial charge in [0.2, 0.25) is 5.91 Å². The van der Waals surface area contributed by atoms with Crippen LogP contribution in [0.25, 0.3) is 10.9 Å². The van der Waals surface area contributed by atoms with Gasteiger partial charge in [0.15, 0.2) is 0 Å². The smallest absolute Gasteiger partial charge is 0.222 e. The number of carbonyl (C=O) groups excluding carboxylic acids is 1. The molecule has 0 radical (unpaired) electrons. The topological polar surface area (TPSA) is 25.2 Å². The van der Waals surface area contributed by atoms with E-state index in [1.165, 1.54) is 16.6 Å². The van der Waals surface area contributed by atoms with Crippen LogP contribution < -0.4 is 0 Å². The molecule has 1 fully saturated rings. The second-order valence-corrected chi connectivity index (χ2v) is 6.45. The number of unbranched alkanes of at least 4 members (excludes halogenated alkanes) is 1. The van der Waals surface area contributed by atoms with Gasteiger partial charge in [-0.1, -0.05) is 31.5 Å². The standard InChI is InChI=1S/C19H26N2O/c1-3-4-9-19(22)21-12-10-15(11-13-21)18-14-16-7-5-6-8-17(16)20(18)2/h5-8,14-15H,3-4,9-13H2,1-2H3. The first-order chi connectivity index (χ1) is 10.7. The number of hydrogen-bond acceptors (Lipinski definition) is 1. The van der Waals surface area contributed by atoms with E-state index in [4.69, 9.17) is 0 Å². The minimum atomic E-state index is 0.345. The van der Waals surface area contributed by atoms with Crippen LogP contribution in [0, 0.1) is 0 Å². The lowest BCUT2D eigenvalue weighted by molar-refractivity contribution is -0.132. The minimum Gasteiger partial charge on any atom is -0.347 e. The van der Waals surface area contributed by atoms with Crippen molar-refractivity contribution in [3.05, 3.63) is 36.0 Å². The molecule has 0 unspecified atom stereocenters. The molecular formula is C19H26N2O. The van der Waals surface area contributed by atoms with E-state index in [2.05, 4.69) is 53.8 Å². The average Bonchev–Trinajstić information content (AvgIpc) is 2.90. The van der Waals surface area contributed by atoms with Crippen molar-refractivity contribution in [2.75, 3.05) is 13.1 Å². The molecule has 22 heavy (non-hydrogen) atoms. The van der Waals surface area contributed by atoms with Crippen molar-refractivity contribution in [3.8, 4) is 0 Å². The molecule has 1 aliphatic heterocycles. The van der Waals surface area contributed by atoms with E-state index in [9.17, 15) is 4.79 Å². The lowest BCUT2D eigenvalue weighted by Gasteiger charge is -2.32. The first-order valence-corrected chi connectivity index (χ1v) is 8.53. The number of fused-ring (bicyclic) bond motifs is 1. The van der Waals surface area contributed by atoms with Crippen LogP contribution in [0.15, 0.2) is 30.3 Å². The summed E-state index contributed by atoms with van der Waals surface area (Å²) in [6.07, 6.45) is 5.00. The Bertz CT molecular complexity index is 650.